The highest BCUT2D eigenvalue weighted by atomic mass is 16.5. The lowest BCUT2D eigenvalue weighted by Gasteiger charge is -2.32. The number of rotatable bonds is 2. The van der Waals surface area contributed by atoms with Crippen LogP contribution in [0.5, 0.6) is 5.75 Å². The van der Waals surface area contributed by atoms with Crippen LogP contribution >= 0.6 is 0 Å². The molecular formula is C26H24N4O. The Bertz CT molecular complexity index is 1320. The minimum absolute atomic E-state index is 0.0598. The van der Waals surface area contributed by atoms with E-state index in [4.69, 9.17) is 9.72 Å². The van der Waals surface area contributed by atoms with Crippen molar-refractivity contribution < 1.29 is 4.74 Å². The Hall–Kier alpha value is -3.73. The molecule has 2 aliphatic heterocycles. The van der Waals surface area contributed by atoms with Gasteiger partial charge in [-0.2, -0.15) is 0 Å². The van der Waals surface area contributed by atoms with Crippen LogP contribution in [0.4, 0.5) is 11.6 Å². The Labute approximate surface area is 181 Å². The highest BCUT2D eigenvalue weighted by Crippen LogP contribution is 2.45. The summed E-state index contributed by atoms with van der Waals surface area (Å²) in [5, 5.41) is 3.66. The average Bonchev–Trinajstić information content (AvgIpc) is 3.06. The highest BCUT2D eigenvalue weighted by molar-refractivity contribution is 5.88. The molecule has 5 nitrogen and oxygen atoms in total. The minimum atomic E-state index is 0.0598. The summed E-state index contributed by atoms with van der Waals surface area (Å²) in [5.74, 6) is 1.80. The molecule has 0 saturated carbocycles. The van der Waals surface area contributed by atoms with Gasteiger partial charge in [-0.15, -0.1) is 0 Å². The summed E-state index contributed by atoms with van der Waals surface area (Å²) in [6.07, 6.45) is 0.850. The fourth-order valence-corrected chi connectivity index (χ4v) is 4.76. The number of benzene rings is 3. The predicted molar refractivity (Wildman–Crippen MR) is 126 cm³/mol. The van der Waals surface area contributed by atoms with E-state index < -0.39 is 0 Å². The number of para-hydroxylation sites is 3. The van der Waals surface area contributed by atoms with Crippen molar-refractivity contribution in [2.75, 3.05) is 30.9 Å². The summed E-state index contributed by atoms with van der Waals surface area (Å²) in [7, 11) is 4.14. The fourth-order valence-electron chi connectivity index (χ4n) is 4.76. The smallest absolute Gasteiger partial charge is 0.209 e. The normalized spacial score (nSPS) is 17.2. The molecule has 154 valence electrons. The van der Waals surface area contributed by atoms with Gasteiger partial charge in [0.05, 0.1) is 29.4 Å². The number of anilines is 2. The predicted octanol–water partition coefficient (Wildman–Crippen LogP) is 5.31. The first-order chi connectivity index (χ1) is 15.2. The van der Waals surface area contributed by atoms with Gasteiger partial charge < -0.3 is 15.0 Å². The van der Waals surface area contributed by atoms with Gasteiger partial charge in [0.2, 0.25) is 5.95 Å². The minimum Gasteiger partial charge on any atom is -0.493 e. The number of ether oxygens (including phenoxy) is 1. The maximum absolute atomic E-state index is 6.12. The summed E-state index contributed by atoms with van der Waals surface area (Å²) in [4.78, 5) is 7.07. The lowest BCUT2D eigenvalue weighted by Crippen LogP contribution is -2.24. The monoisotopic (exact) mass is 408 g/mol. The van der Waals surface area contributed by atoms with E-state index in [1.54, 1.807) is 0 Å². The summed E-state index contributed by atoms with van der Waals surface area (Å²) in [6.45, 7) is 0.659. The van der Waals surface area contributed by atoms with Gasteiger partial charge in [0.1, 0.15) is 5.75 Å². The molecule has 6 rings (SSSR count). The van der Waals surface area contributed by atoms with Crippen LogP contribution in [0.25, 0.3) is 16.7 Å². The molecule has 3 heterocycles. The zero-order valence-electron chi connectivity index (χ0n) is 17.7. The number of nitrogens with one attached hydrogen (secondary N) is 1. The number of imidazole rings is 1. The van der Waals surface area contributed by atoms with E-state index >= 15 is 0 Å². The number of hydrogen-bond donors (Lipinski definition) is 1. The zero-order valence-corrected chi connectivity index (χ0v) is 17.7. The zero-order chi connectivity index (χ0) is 20.9. The van der Waals surface area contributed by atoms with Gasteiger partial charge in [-0.05, 0) is 47.5 Å². The van der Waals surface area contributed by atoms with E-state index in [2.05, 4.69) is 83.5 Å². The molecule has 0 fully saturated rings. The Morgan fingerprint density at radius 3 is 2.58 bits per heavy atom. The third-order valence-corrected chi connectivity index (χ3v) is 6.25. The van der Waals surface area contributed by atoms with Crippen molar-refractivity contribution in [3.8, 4) is 5.75 Å². The molecule has 0 saturated heterocycles. The molecule has 5 heteroatoms. The standard InChI is InChI=1S/C26H24N4O/c1-29(2)18-13-11-17(12-14-18)25-20-15-16-31-23-10-6-3-7-19(23)24(20)28-26-27-21-8-4-5-9-22(21)30(25)26/h3-14,25H,15-16H2,1-2H3,(H,27,28). The van der Waals surface area contributed by atoms with Crippen molar-refractivity contribution in [3.05, 3.63) is 89.5 Å². The van der Waals surface area contributed by atoms with E-state index in [9.17, 15) is 0 Å². The van der Waals surface area contributed by atoms with Gasteiger partial charge in [-0.25, -0.2) is 4.98 Å². The Morgan fingerprint density at radius 2 is 1.74 bits per heavy atom. The maximum Gasteiger partial charge on any atom is 0.209 e. The molecule has 0 radical (unpaired) electrons. The van der Waals surface area contributed by atoms with Gasteiger partial charge in [0, 0.05) is 31.8 Å². The van der Waals surface area contributed by atoms with E-state index in [0.29, 0.717) is 6.61 Å². The largest absolute Gasteiger partial charge is 0.493 e. The molecule has 31 heavy (non-hydrogen) atoms. The molecule has 1 atom stereocenters. The Morgan fingerprint density at radius 1 is 0.968 bits per heavy atom. The van der Waals surface area contributed by atoms with Crippen LogP contribution in [-0.2, 0) is 0 Å². The van der Waals surface area contributed by atoms with Crippen LogP contribution in [-0.4, -0.2) is 30.3 Å². The fraction of sp³-hybridized carbons (Fsp3) is 0.192. The highest BCUT2D eigenvalue weighted by Gasteiger charge is 2.34. The van der Waals surface area contributed by atoms with Crippen LogP contribution in [0.1, 0.15) is 23.6 Å². The second-order valence-electron chi connectivity index (χ2n) is 8.30. The Kier molecular flexibility index (Phi) is 4.03. The summed E-state index contributed by atoms with van der Waals surface area (Å²) in [6, 6.07) is 25.6. The quantitative estimate of drug-likeness (QED) is 0.488. The van der Waals surface area contributed by atoms with Gasteiger partial charge in [-0.3, -0.25) is 4.57 Å². The van der Waals surface area contributed by atoms with Gasteiger partial charge in [0.15, 0.2) is 0 Å². The lowest BCUT2D eigenvalue weighted by atomic mass is 9.90. The number of nitrogens with zero attached hydrogens (tertiary/aromatic N) is 3. The van der Waals surface area contributed by atoms with Crippen LogP contribution in [0, 0.1) is 0 Å². The van der Waals surface area contributed by atoms with Crippen molar-refractivity contribution in [1.29, 1.82) is 0 Å². The van der Waals surface area contributed by atoms with Crippen molar-refractivity contribution in [2.24, 2.45) is 0 Å². The first kappa shape index (κ1) is 18.1. The van der Waals surface area contributed by atoms with E-state index in [1.807, 2.05) is 18.2 Å². The van der Waals surface area contributed by atoms with Gasteiger partial charge >= 0.3 is 0 Å². The molecule has 0 amide bonds. The topological polar surface area (TPSA) is 42.3 Å². The third kappa shape index (κ3) is 2.81. The number of aromatic nitrogens is 2. The van der Waals surface area contributed by atoms with E-state index in [0.717, 1.165) is 40.4 Å². The molecule has 3 aromatic carbocycles. The molecule has 4 aromatic rings. The molecule has 2 aliphatic rings. The average molecular weight is 409 g/mol. The van der Waals surface area contributed by atoms with Crippen molar-refractivity contribution in [1.82, 2.24) is 9.55 Å². The van der Waals surface area contributed by atoms with Crippen molar-refractivity contribution >= 4 is 28.4 Å². The van der Waals surface area contributed by atoms with Crippen LogP contribution < -0.4 is 15.0 Å². The molecule has 1 N–H and O–H groups in total. The molecule has 0 aliphatic carbocycles. The van der Waals surface area contributed by atoms with Gasteiger partial charge in [-0.1, -0.05) is 36.4 Å². The van der Waals surface area contributed by atoms with Gasteiger partial charge in [0.25, 0.3) is 0 Å². The Balaban J connectivity index is 1.61. The van der Waals surface area contributed by atoms with Crippen LogP contribution in [0.3, 0.4) is 0 Å². The van der Waals surface area contributed by atoms with Crippen molar-refractivity contribution in [3.63, 3.8) is 0 Å². The molecule has 1 unspecified atom stereocenters. The molecule has 0 bridgehead atoms. The van der Waals surface area contributed by atoms with E-state index in [-0.39, 0.29) is 6.04 Å². The molecule has 1 aromatic heterocycles. The maximum atomic E-state index is 6.12. The van der Waals surface area contributed by atoms with Crippen LogP contribution in [0.15, 0.2) is 78.4 Å². The number of fused-ring (bicyclic) bond motifs is 5. The lowest BCUT2D eigenvalue weighted by molar-refractivity contribution is 0.320. The molecule has 0 spiro atoms. The second kappa shape index (κ2) is 6.91. The first-order valence-corrected chi connectivity index (χ1v) is 10.7. The first-order valence-electron chi connectivity index (χ1n) is 10.7. The SMILES string of the molecule is CN(C)c1ccc(C2C3=C(Nc4nc5ccccc5n42)c2ccccc2OCC3)cc1. The summed E-state index contributed by atoms with van der Waals surface area (Å²) in [5.41, 5.74) is 8.14. The second-order valence-corrected chi connectivity index (χ2v) is 8.30. The van der Waals surface area contributed by atoms with Crippen molar-refractivity contribution in [2.45, 2.75) is 12.5 Å². The summed E-state index contributed by atoms with van der Waals surface area (Å²) < 4.78 is 8.46. The summed E-state index contributed by atoms with van der Waals surface area (Å²) >= 11 is 0. The third-order valence-electron chi connectivity index (χ3n) is 6.25. The number of hydrogen-bond acceptors (Lipinski definition) is 4. The van der Waals surface area contributed by atoms with E-state index in [1.165, 1.54) is 16.8 Å². The van der Waals surface area contributed by atoms with Crippen LogP contribution in [0.2, 0.25) is 0 Å². The molecular weight excluding hydrogens is 384 g/mol.